The quantitative estimate of drug-likeness (QED) is 0.489. The third kappa shape index (κ3) is 2.34. The molecule has 1 aliphatic rings. The summed E-state index contributed by atoms with van der Waals surface area (Å²) in [7, 11) is 0. The van der Waals surface area contributed by atoms with Crippen molar-refractivity contribution in [2.75, 3.05) is 0 Å². The van der Waals surface area contributed by atoms with Gasteiger partial charge in [0.1, 0.15) is 0 Å². The summed E-state index contributed by atoms with van der Waals surface area (Å²) in [6, 6.07) is 0. The van der Waals surface area contributed by atoms with Gasteiger partial charge in [-0.25, -0.2) is 0 Å². The molecule has 0 amide bonds. The topological polar surface area (TPSA) is 0 Å². The van der Waals surface area contributed by atoms with Gasteiger partial charge in [-0.15, -0.1) is 0 Å². The van der Waals surface area contributed by atoms with Crippen molar-refractivity contribution in [3.8, 4) is 0 Å². The lowest BCUT2D eigenvalue weighted by Crippen LogP contribution is -1.77. The predicted molar refractivity (Wildman–Crippen MR) is 36.5 cm³/mol. The normalized spacial score (nSPS) is 19.1. The fourth-order valence-electron chi connectivity index (χ4n) is 0.890. The van der Waals surface area contributed by atoms with Gasteiger partial charge in [-0.1, -0.05) is 19.8 Å². The van der Waals surface area contributed by atoms with Crippen LogP contribution >= 0.6 is 0 Å². The van der Waals surface area contributed by atoms with Crippen molar-refractivity contribution in [2.45, 2.75) is 39.0 Å². The van der Waals surface area contributed by atoms with E-state index in [1.54, 1.807) is 0 Å². The average Bonchev–Trinajstić information content (AvgIpc) is 2.51. The highest BCUT2D eigenvalue weighted by molar-refractivity contribution is 4.86. The molecule has 0 unspecified atom stereocenters. The van der Waals surface area contributed by atoms with Crippen LogP contribution in [-0.4, -0.2) is 0 Å². The second kappa shape index (κ2) is 3.11. The van der Waals surface area contributed by atoms with Gasteiger partial charge >= 0.3 is 0 Å². The Morgan fingerprint density at radius 2 is 2.25 bits per heavy atom. The Morgan fingerprint density at radius 3 is 2.75 bits per heavy atom. The fourth-order valence-corrected chi connectivity index (χ4v) is 0.890. The molecule has 0 bridgehead atoms. The van der Waals surface area contributed by atoms with Crippen LogP contribution < -0.4 is 0 Å². The third-order valence-corrected chi connectivity index (χ3v) is 1.68. The van der Waals surface area contributed by atoms with Crippen molar-refractivity contribution in [1.29, 1.82) is 0 Å². The monoisotopic (exact) mass is 111 g/mol. The Morgan fingerprint density at radius 1 is 1.50 bits per heavy atom. The first kappa shape index (κ1) is 6.12. The Balaban J connectivity index is 1.74. The lowest BCUT2D eigenvalue weighted by Gasteiger charge is -1.92. The number of hydrogen-bond acceptors (Lipinski definition) is 0. The van der Waals surface area contributed by atoms with Gasteiger partial charge in [0.25, 0.3) is 0 Å². The van der Waals surface area contributed by atoms with Crippen molar-refractivity contribution in [3.05, 3.63) is 6.42 Å². The molecule has 1 fully saturated rings. The standard InChI is InChI=1S/C8H15/c1-2-3-4-5-8-6-7-8/h5,8H,2-4,6-7H2,1H3. The van der Waals surface area contributed by atoms with E-state index in [2.05, 4.69) is 13.3 Å². The molecule has 0 heteroatoms. The maximum absolute atomic E-state index is 2.49. The third-order valence-electron chi connectivity index (χ3n) is 1.68. The summed E-state index contributed by atoms with van der Waals surface area (Å²) >= 11 is 0. The molecule has 0 aliphatic heterocycles. The van der Waals surface area contributed by atoms with Gasteiger partial charge in [-0.2, -0.15) is 0 Å². The molecule has 0 saturated heterocycles. The maximum atomic E-state index is 2.49. The lowest BCUT2D eigenvalue weighted by molar-refractivity contribution is 0.742. The lowest BCUT2D eigenvalue weighted by atomic mass is 10.1. The summed E-state index contributed by atoms with van der Waals surface area (Å²) in [4.78, 5) is 0. The van der Waals surface area contributed by atoms with Crippen LogP contribution in [0.1, 0.15) is 39.0 Å². The Labute approximate surface area is 52.3 Å². The summed E-state index contributed by atoms with van der Waals surface area (Å²) in [5.74, 6) is 1.03. The zero-order chi connectivity index (χ0) is 5.82. The molecule has 1 aliphatic carbocycles. The molecule has 1 saturated carbocycles. The molecule has 0 aromatic rings. The fraction of sp³-hybridized carbons (Fsp3) is 0.875. The highest BCUT2D eigenvalue weighted by atomic mass is 14.2. The number of hydrogen-bond donors (Lipinski definition) is 0. The second-order valence-corrected chi connectivity index (χ2v) is 2.72. The van der Waals surface area contributed by atoms with Crippen LogP contribution in [0.5, 0.6) is 0 Å². The summed E-state index contributed by atoms with van der Waals surface area (Å²) in [5.41, 5.74) is 0. The summed E-state index contributed by atoms with van der Waals surface area (Å²) in [5, 5.41) is 0. The highest BCUT2D eigenvalue weighted by Gasteiger charge is 2.19. The molecule has 0 heterocycles. The number of rotatable bonds is 4. The zero-order valence-corrected chi connectivity index (χ0v) is 5.69. The highest BCUT2D eigenvalue weighted by Crippen LogP contribution is 2.33. The molecule has 1 radical (unpaired) electrons. The van der Waals surface area contributed by atoms with Crippen molar-refractivity contribution in [1.82, 2.24) is 0 Å². The van der Waals surface area contributed by atoms with Crippen LogP contribution in [-0.2, 0) is 0 Å². The molecule has 0 nitrogen and oxygen atoms in total. The first-order chi connectivity index (χ1) is 3.93. The van der Waals surface area contributed by atoms with Crippen LogP contribution in [0.25, 0.3) is 0 Å². The Bertz CT molecular complexity index is 53.1. The van der Waals surface area contributed by atoms with Crippen molar-refractivity contribution < 1.29 is 0 Å². The van der Waals surface area contributed by atoms with Gasteiger partial charge < -0.3 is 0 Å². The summed E-state index contributed by atoms with van der Waals surface area (Å²) in [6.07, 6.45) is 9.55. The van der Waals surface area contributed by atoms with E-state index in [9.17, 15) is 0 Å². The molecular weight excluding hydrogens is 96.1 g/mol. The molecular formula is C8H15. The van der Waals surface area contributed by atoms with E-state index >= 15 is 0 Å². The molecule has 0 aromatic heterocycles. The molecule has 0 N–H and O–H groups in total. The van der Waals surface area contributed by atoms with Crippen LogP contribution in [0, 0.1) is 12.3 Å². The second-order valence-electron chi connectivity index (χ2n) is 2.72. The van der Waals surface area contributed by atoms with Crippen molar-refractivity contribution >= 4 is 0 Å². The Hall–Kier alpha value is 0. The predicted octanol–water partition coefficient (Wildman–Crippen LogP) is 2.79. The summed E-state index contributed by atoms with van der Waals surface area (Å²) in [6.45, 7) is 2.25. The molecule has 1 rings (SSSR count). The molecule has 8 heavy (non-hydrogen) atoms. The van der Waals surface area contributed by atoms with Crippen LogP contribution in [0.15, 0.2) is 0 Å². The van der Waals surface area contributed by atoms with Gasteiger partial charge in [0.2, 0.25) is 0 Å². The molecule has 0 aromatic carbocycles. The minimum Gasteiger partial charge on any atom is -0.0654 e. The van der Waals surface area contributed by atoms with E-state index in [0.717, 1.165) is 5.92 Å². The van der Waals surface area contributed by atoms with Crippen LogP contribution in [0.3, 0.4) is 0 Å². The van der Waals surface area contributed by atoms with E-state index in [4.69, 9.17) is 0 Å². The molecule has 47 valence electrons. The largest absolute Gasteiger partial charge is 0.0654 e. The van der Waals surface area contributed by atoms with Gasteiger partial charge in [0.05, 0.1) is 0 Å². The zero-order valence-electron chi connectivity index (χ0n) is 5.69. The minimum absolute atomic E-state index is 1.03. The molecule has 0 atom stereocenters. The van der Waals surface area contributed by atoms with Gasteiger partial charge in [0.15, 0.2) is 0 Å². The molecule has 0 spiro atoms. The van der Waals surface area contributed by atoms with Gasteiger partial charge in [-0.05, 0) is 31.6 Å². The smallest absolute Gasteiger partial charge is 0.0355 e. The SMILES string of the molecule is CCCC[CH]C1CC1. The summed E-state index contributed by atoms with van der Waals surface area (Å²) < 4.78 is 0. The van der Waals surface area contributed by atoms with E-state index in [0.29, 0.717) is 0 Å². The van der Waals surface area contributed by atoms with E-state index in [1.165, 1.54) is 32.1 Å². The first-order valence-electron chi connectivity index (χ1n) is 3.77. The van der Waals surface area contributed by atoms with Crippen molar-refractivity contribution in [2.24, 2.45) is 5.92 Å². The minimum atomic E-state index is 1.03. The maximum Gasteiger partial charge on any atom is -0.0355 e. The van der Waals surface area contributed by atoms with E-state index < -0.39 is 0 Å². The van der Waals surface area contributed by atoms with Gasteiger partial charge in [-0.3, -0.25) is 0 Å². The first-order valence-corrected chi connectivity index (χ1v) is 3.77. The van der Waals surface area contributed by atoms with E-state index in [-0.39, 0.29) is 0 Å². The van der Waals surface area contributed by atoms with Crippen LogP contribution in [0.2, 0.25) is 0 Å². The van der Waals surface area contributed by atoms with E-state index in [1.807, 2.05) is 0 Å². The van der Waals surface area contributed by atoms with Crippen LogP contribution in [0.4, 0.5) is 0 Å². The van der Waals surface area contributed by atoms with Gasteiger partial charge in [0, 0.05) is 0 Å². The average molecular weight is 111 g/mol. The Kier molecular flexibility index (Phi) is 2.38. The van der Waals surface area contributed by atoms with Crippen molar-refractivity contribution in [3.63, 3.8) is 0 Å². The number of unbranched alkanes of at least 4 members (excludes halogenated alkanes) is 2.